The quantitative estimate of drug-likeness (QED) is 0.612. The molecule has 0 aliphatic rings. The van der Waals surface area contributed by atoms with Crippen molar-refractivity contribution in [2.45, 2.75) is 13.0 Å². The highest BCUT2D eigenvalue weighted by molar-refractivity contribution is 9.10. The maximum atomic E-state index is 5.99. The molecule has 0 bridgehead atoms. The minimum Gasteiger partial charge on any atom is -0.496 e. The fourth-order valence-electron chi connectivity index (χ4n) is 2.08. The van der Waals surface area contributed by atoms with E-state index in [2.05, 4.69) is 26.6 Å². The molecule has 0 heterocycles. The fraction of sp³-hybridized carbons (Fsp3) is 0.235. The molecule has 0 atom stereocenters. The van der Waals surface area contributed by atoms with Crippen molar-refractivity contribution in [2.24, 2.45) is 0 Å². The first kappa shape index (κ1) is 19.3. The molecule has 0 radical (unpaired) electrons. The minimum absolute atomic E-state index is 0.542. The summed E-state index contributed by atoms with van der Waals surface area (Å²) in [6, 6.07) is 11.6. The molecule has 2 aromatic carbocycles. The van der Waals surface area contributed by atoms with Crippen LogP contribution in [0.15, 0.2) is 40.9 Å². The van der Waals surface area contributed by atoms with Crippen LogP contribution in [0.4, 0.5) is 0 Å². The van der Waals surface area contributed by atoms with Crippen molar-refractivity contribution in [3.63, 3.8) is 0 Å². The summed E-state index contributed by atoms with van der Waals surface area (Å²) in [5.41, 5.74) is 2.22. The van der Waals surface area contributed by atoms with Crippen molar-refractivity contribution < 1.29 is 4.74 Å². The van der Waals surface area contributed by atoms with Crippen molar-refractivity contribution in [3.05, 3.63) is 62.0 Å². The summed E-state index contributed by atoms with van der Waals surface area (Å²) in [5.74, 6) is 0.825. The summed E-state index contributed by atoms with van der Waals surface area (Å²) in [5, 5.41) is 8.04. The number of benzene rings is 2. The molecule has 7 heteroatoms. The predicted molar refractivity (Wildman–Crippen MR) is 108 cm³/mol. The zero-order valence-electron chi connectivity index (χ0n) is 13.0. The van der Waals surface area contributed by atoms with E-state index in [-0.39, 0.29) is 0 Å². The van der Waals surface area contributed by atoms with Crippen molar-refractivity contribution >= 4 is 56.5 Å². The first-order valence-electron chi connectivity index (χ1n) is 7.27. The highest BCUT2D eigenvalue weighted by atomic mass is 79.9. The second-order valence-corrected chi connectivity index (χ2v) is 7.15. The van der Waals surface area contributed by atoms with Crippen LogP contribution in [0, 0.1) is 0 Å². The molecule has 2 aromatic rings. The van der Waals surface area contributed by atoms with E-state index in [1.807, 2.05) is 30.3 Å². The zero-order valence-corrected chi connectivity index (χ0v) is 17.0. The van der Waals surface area contributed by atoms with E-state index in [0.29, 0.717) is 21.7 Å². The van der Waals surface area contributed by atoms with Gasteiger partial charge in [0.05, 0.1) is 21.6 Å². The van der Waals surface area contributed by atoms with Crippen LogP contribution in [0.2, 0.25) is 10.0 Å². The maximum absolute atomic E-state index is 5.99. The van der Waals surface area contributed by atoms with Crippen LogP contribution >= 0.6 is 51.3 Å². The van der Waals surface area contributed by atoms with Crippen LogP contribution in [0.1, 0.15) is 11.1 Å². The SMILES string of the molecule is COc1ccc(CCNC(=S)NCc2ccc(Cl)c(Cl)c2)cc1Br. The Bertz CT molecular complexity index is 728. The third kappa shape index (κ3) is 5.81. The van der Waals surface area contributed by atoms with E-state index in [0.717, 1.165) is 28.8 Å². The first-order valence-corrected chi connectivity index (χ1v) is 9.23. The van der Waals surface area contributed by atoms with E-state index < -0.39 is 0 Å². The predicted octanol–water partition coefficient (Wildman–Crippen LogP) is 4.97. The molecule has 0 saturated carbocycles. The van der Waals surface area contributed by atoms with Gasteiger partial charge >= 0.3 is 0 Å². The lowest BCUT2D eigenvalue weighted by molar-refractivity contribution is 0.412. The molecule has 0 spiro atoms. The first-order chi connectivity index (χ1) is 11.5. The molecule has 24 heavy (non-hydrogen) atoms. The number of hydrogen-bond donors (Lipinski definition) is 2. The number of methoxy groups -OCH3 is 1. The molecule has 128 valence electrons. The average molecular weight is 448 g/mol. The molecule has 2 rings (SSSR count). The highest BCUT2D eigenvalue weighted by Gasteiger charge is 2.03. The van der Waals surface area contributed by atoms with Crippen molar-refractivity contribution in [1.29, 1.82) is 0 Å². The average Bonchev–Trinajstić information content (AvgIpc) is 2.56. The smallest absolute Gasteiger partial charge is 0.166 e. The molecular formula is C17H17BrCl2N2OS. The van der Waals surface area contributed by atoms with Gasteiger partial charge in [-0.25, -0.2) is 0 Å². The van der Waals surface area contributed by atoms with Gasteiger partial charge in [0.15, 0.2) is 5.11 Å². The van der Waals surface area contributed by atoms with Gasteiger partial charge in [-0.2, -0.15) is 0 Å². The molecule has 0 fully saturated rings. The van der Waals surface area contributed by atoms with Gasteiger partial charge in [-0.3, -0.25) is 0 Å². The van der Waals surface area contributed by atoms with Crippen molar-refractivity contribution in [1.82, 2.24) is 10.6 Å². The van der Waals surface area contributed by atoms with Crippen LogP contribution in [0.3, 0.4) is 0 Å². The lowest BCUT2D eigenvalue weighted by Crippen LogP contribution is -2.35. The number of ether oxygens (including phenoxy) is 1. The van der Waals surface area contributed by atoms with Crippen LogP contribution in [0.5, 0.6) is 5.75 Å². The van der Waals surface area contributed by atoms with Crippen LogP contribution < -0.4 is 15.4 Å². The molecule has 0 aromatic heterocycles. The molecule has 0 saturated heterocycles. The lowest BCUT2D eigenvalue weighted by Gasteiger charge is -2.11. The number of halogens is 3. The highest BCUT2D eigenvalue weighted by Crippen LogP contribution is 2.25. The van der Waals surface area contributed by atoms with Gasteiger partial charge < -0.3 is 15.4 Å². The molecule has 0 aliphatic heterocycles. The Labute approximate surface area is 165 Å². The molecular weight excluding hydrogens is 431 g/mol. The molecule has 0 amide bonds. The van der Waals surface area contributed by atoms with E-state index in [1.165, 1.54) is 5.56 Å². The molecule has 2 N–H and O–H groups in total. The van der Waals surface area contributed by atoms with Crippen molar-refractivity contribution in [2.75, 3.05) is 13.7 Å². The van der Waals surface area contributed by atoms with Gasteiger partial charge in [-0.15, -0.1) is 0 Å². The summed E-state index contributed by atoms with van der Waals surface area (Å²) in [7, 11) is 1.65. The van der Waals surface area contributed by atoms with Crippen LogP contribution in [-0.4, -0.2) is 18.8 Å². The topological polar surface area (TPSA) is 33.3 Å². The molecule has 0 unspecified atom stereocenters. The van der Waals surface area contributed by atoms with Crippen LogP contribution in [-0.2, 0) is 13.0 Å². The Hall–Kier alpha value is -1.01. The van der Waals surface area contributed by atoms with E-state index in [9.17, 15) is 0 Å². The summed E-state index contributed by atoms with van der Waals surface area (Å²) in [6.07, 6.45) is 0.858. The normalized spacial score (nSPS) is 10.3. The van der Waals surface area contributed by atoms with Gasteiger partial charge in [-0.05, 0) is 70.0 Å². The second-order valence-electron chi connectivity index (χ2n) is 5.08. The molecule has 3 nitrogen and oxygen atoms in total. The Morgan fingerprint density at radius 3 is 2.50 bits per heavy atom. The third-order valence-electron chi connectivity index (χ3n) is 3.35. The monoisotopic (exact) mass is 446 g/mol. The van der Waals surface area contributed by atoms with Gasteiger partial charge in [-0.1, -0.05) is 35.3 Å². The van der Waals surface area contributed by atoms with E-state index in [1.54, 1.807) is 13.2 Å². The summed E-state index contributed by atoms with van der Waals surface area (Å²) in [6.45, 7) is 1.34. The van der Waals surface area contributed by atoms with Gasteiger partial charge in [0.1, 0.15) is 5.75 Å². The number of nitrogens with one attached hydrogen (secondary N) is 2. The minimum atomic E-state index is 0.542. The standard InChI is InChI=1S/C17H17BrCl2N2OS/c1-23-16-5-3-11(8-13(16)18)6-7-21-17(24)22-10-12-2-4-14(19)15(20)9-12/h2-5,8-9H,6-7,10H2,1H3,(H2,21,22,24). The van der Waals surface area contributed by atoms with Gasteiger partial charge in [0.2, 0.25) is 0 Å². The Morgan fingerprint density at radius 2 is 1.83 bits per heavy atom. The fourth-order valence-corrected chi connectivity index (χ4v) is 3.16. The maximum Gasteiger partial charge on any atom is 0.166 e. The largest absolute Gasteiger partial charge is 0.496 e. The number of hydrogen-bond acceptors (Lipinski definition) is 2. The van der Waals surface area contributed by atoms with Gasteiger partial charge in [0.25, 0.3) is 0 Å². The Balaban J connectivity index is 1.75. The lowest BCUT2D eigenvalue weighted by atomic mass is 10.1. The number of thiocarbonyl (C=S) groups is 1. The Kier molecular flexibility index (Phi) is 7.62. The Morgan fingerprint density at radius 1 is 1.08 bits per heavy atom. The summed E-state index contributed by atoms with van der Waals surface area (Å²) < 4.78 is 6.17. The third-order valence-corrected chi connectivity index (χ3v) is 5.00. The van der Waals surface area contributed by atoms with E-state index in [4.69, 9.17) is 40.2 Å². The second kappa shape index (κ2) is 9.47. The summed E-state index contributed by atoms with van der Waals surface area (Å²) in [4.78, 5) is 0. The van der Waals surface area contributed by atoms with Crippen molar-refractivity contribution in [3.8, 4) is 5.75 Å². The molecule has 0 aliphatic carbocycles. The zero-order chi connectivity index (χ0) is 17.5. The van der Waals surface area contributed by atoms with Gasteiger partial charge in [0, 0.05) is 13.1 Å². The summed E-state index contributed by atoms with van der Waals surface area (Å²) >= 11 is 20.7. The van der Waals surface area contributed by atoms with E-state index >= 15 is 0 Å². The van der Waals surface area contributed by atoms with Crippen LogP contribution in [0.25, 0.3) is 0 Å². The number of rotatable bonds is 6.